The molecule has 0 spiro atoms. The number of nitrogens with zero attached hydrogens (tertiary/aromatic N) is 2. The first kappa shape index (κ1) is 13.5. The minimum Gasteiger partial charge on any atom is -0.485 e. The van der Waals surface area contributed by atoms with Crippen LogP contribution in [0, 0.1) is 12.7 Å². The fourth-order valence-corrected chi connectivity index (χ4v) is 1.98. The van der Waals surface area contributed by atoms with E-state index in [1.165, 1.54) is 22.9 Å². The number of rotatable bonds is 4. The van der Waals surface area contributed by atoms with Gasteiger partial charge in [0.05, 0.1) is 11.3 Å². The molecule has 0 aliphatic heterocycles. The van der Waals surface area contributed by atoms with Crippen molar-refractivity contribution in [3.63, 3.8) is 0 Å². The van der Waals surface area contributed by atoms with Crippen molar-refractivity contribution < 1.29 is 13.9 Å². The summed E-state index contributed by atoms with van der Waals surface area (Å²) in [6, 6.07) is 4.18. The molecule has 0 saturated carbocycles. The van der Waals surface area contributed by atoms with Crippen molar-refractivity contribution in [1.82, 2.24) is 9.78 Å². The largest absolute Gasteiger partial charge is 0.485 e. The molecule has 2 rings (SSSR count). The summed E-state index contributed by atoms with van der Waals surface area (Å²) in [6.45, 7) is 1.84. The summed E-state index contributed by atoms with van der Waals surface area (Å²) < 4.78 is 20.5. The van der Waals surface area contributed by atoms with Crippen molar-refractivity contribution in [2.45, 2.75) is 13.5 Å². The Kier molecular flexibility index (Phi) is 3.85. The average molecular weight is 283 g/mol. The highest BCUT2D eigenvalue weighted by molar-refractivity contribution is 6.30. The van der Waals surface area contributed by atoms with Gasteiger partial charge in [0, 0.05) is 12.6 Å². The van der Waals surface area contributed by atoms with Crippen LogP contribution in [-0.4, -0.2) is 16.1 Å². The predicted molar refractivity (Wildman–Crippen MR) is 69.1 cm³/mol. The van der Waals surface area contributed by atoms with Crippen LogP contribution in [0.2, 0.25) is 5.15 Å². The van der Waals surface area contributed by atoms with Gasteiger partial charge in [-0.1, -0.05) is 17.7 Å². The highest BCUT2D eigenvalue weighted by Gasteiger charge is 2.14. The van der Waals surface area contributed by atoms with Crippen molar-refractivity contribution in [3.8, 4) is 5.75 Å². The molecule has 0 aliphatic rings. The Balaban J connectivity index is 2.26. The third kappa shape index (κ3) is 2.61. The zero-order valence-corrected chi connectivity index (χ0v) is 11.2. The monoisotopic (exact) mass is 282 g/mol. The molecule has 0 N–H and O–H groups in total. The van der Waals surface area contributed by atoms with Crippen LogP contribution in [0.4, 0.5) is 4.39 Å². The number of halogens is 2. The molecular formula is C13H12ClFN2O2. The second kappa shape index (κ2) is 5.40. The predicted octanol–water partition coefficient (Wildman–Crippen LogP) is 2.91. The lowest BCUT2D eigenvalue weighted by atomic mass is 10.2. The molecule has 0 atom stereocenters. The normalized spacial score (nSPS) is 10.5. The molecule has 4 nitrogen and oxygen atoms in total. The molecule has 0 bridgehead atoms. The smallest absolute Gasteiger partial charge is 0.165 e. The number of para-hydroxylation sites is 1. The zero-order chi connectivity index (χ0) is 14.0. The first-order valence-corrected chi connectivity index (χ1v) is 5.97. The van der Waals surface area contributed by atoms with Crippen LogP contribution in [-0.2, 0) is 13.7 Å². The van der Waals surface area contributed by atoms with Crippen LogP contribution in [0.5, 0.6) is 5.75 Å². The molecule has 0 fully saturated rings. The van der Waals surface area contributed by atoms with Gasteiger partial charge in [0.2, 0.25) is 0 Å². The Hall–Kier alpha value is -1.88. The number of hydrogen-bond acceptors (Lipinski definition) is 3. The lowest BCUT2D eigenvalue weighted by Gasteiger charge is -2.09. The van der Waals surface area contributed by atoms with Crippen molar-refractivity contribution in [3.05, 3.63) is 46.0 Å². The Bertz CT molecular complexity index is 625. The lowest BCUT2D eigenvalue weighted by molar-refractivity contribution is 0.111. The lowest BCUT2D eigenvalue weighted by Crippen LogP contribution is -2.01. The van der Waals surface area contributed by atoms with E-state index < -0.39 is 5.82 Å². The van der Waals surface area contributed by atoms with E-state index >= 15 is 0 Å². The van der Waals surface area contributed by atoms with Gasteiger partial charge in [0.1, 0.15) is 11.8 Å². The minimum atomic E-state index is -0.581. The second-order valence-corrected chi connectivity index (χ2v) is 4.40. The molecule has 19 heavy (non-hydrogen) atoms. The first-order valence-electron chi connectivity index (χ1n) is 5.59. The van der Waals surface area contributed by atoms with Gasteiger partial charge in [0.15, 0.2) is 17.9 Å². The van der Waals surface area contributed by atoms with Gasteiger partial charge >= 0.3 is 0 Å². The second-order valence-electron chi connectivity index (χ2n) is 4.04. The van der Waals surface area contributed by atoms with E-state index in [0.717, 1.165) is 0 Å². The molecule has 0 radical (unpaired) electrons. The molecular weight excluding hydrogens is 271 g/mol. The molecule has 1 aromatic carbocycles. The number of carbonyl (C=O) groups excluding carboxylic acids is 1. The molecule has 1 aromatic heterocycles. The quantitative estimate of drug-likeness (QED) is 0.810. The van der Waals surface area contributed by atoms with E-state index in [2.05, 4.69) is 5.10 Å². The van der Waals surface area contributed by atoms with Crippen LogP contribution in [0.15, 0.2) is 18.2 Å². The molecule has 6 heteroatoms. The topological polar surface area (TPSA) is 44.1 Å². The Morgan fingerprint density at radius 3 is 2.84 bits per heavy atom. The fraction of sp³-hybridized carbons (Fsp3) is 0.231. The Morgan fingerprint density at radius 1 is 1.53 bits per heavy atom. The third-order valence-corrected chi connectivity index (χ3v) is 3.23. The van der Waals surface area contributed by atoms with Gasteiger partial charge in [0.25, 0.3) is 0 Å². The first-order chi connectivity index (χ1) is 9.04. The van der Waals surface area contributed by atoms with Crippen molar-refractivity contribution in [2.75, 3.05) is 0 Å². The van der Waals surface area contributed by atoms with Crippen LogP contribution in [0.1, 0.15) is 21.6 Å². The van der Waals surface area contributed by atoms with Gasteiger partial charge < -0.3 is 4.74 Å². The number of carbonyl (C=O) groups is 1. The van der Waals surface area contributed by atoms with Gasteiger partial charge in [-0.2, -0.15) is 5.10 Å². The summed E-state index contributed by atoms with van der Waals surface area (Å²) in [4.78, 5) is 10.8. The molecule has 0 unspecified atom stereocenters. The van der Waals surface area contributed by atoms with Crippen LogP contribution in [0.25, 0.3) is 0 Å². The maximum absolute atomic E-state index is 13.6. The molecule has 100 valence electrons. The number of hydrogen-bond donors (Lipinski definition) is 0. The highest BCUT2D eigenvalue weighted by Crippen LogP contribution is 2.25. The highest BCUT2D eigenvalue weighted by atomic mass is 35.5. The van der Waals surface area contributed by atoms with Gasteiger partial charge in [-0.15, -0.1) is 0 Å². The summed E-state index contributed by atoms with van der Waals surface area (Å²) in [5, 5.41) is 4.56. The van der Waals surface area contributed by atoms with E-state index in [4.69, 9.17) is 16.3 Å². The van der Waals surface area contributed by atoms with Crippen LogP contribution in [0.3, 0.4) is 0 Å². The summed E-state index contributed by atoms with van der Waals surface area (Å²) >= 11 is 6.05. The standard InChI is InChI=1S/C13H12ClFN2O2/c1-8-10(13(14)17(2)16-8)7-19-12-9(6-18)4-3-5-11(12)15/h3-6H,7H2,1-2H3. The fourth-order valence-electron chi connectivity index (χ4n) is 1.75. The van der Waals surface area contributed by atoms with Crippen molar-refractivity contribution in [2.24, 2.45) is 7.05 Å². The van der Waals surface area contributed by atoms with Crippen molar-refractivity contribution in [1.29, 1.82) is 0 Å². The van der Waals surface area contributed by atoms with E-state index in [1.54, 1.807) is 14.0 Å². The summed E-state index contributed by atoms with van der Waals surface area (Å²) in [6.07, 6.45) is 0.552. The average Bonchev–Trinajstić information content (AvgIpc) is 2.62. The van der Waals surface area contributed by atoms with Gasteiger partial charge in [-0.25, -0.2) is 4.39 Å². The number of benzene rings is 1. The van der Waals surface area contributed by atoms with E-state index in [-0.39, 0.29) is 17.9 Å². The maximum atomic E-state index is 13.6. The van der Waals surface area contributed by atoms with E-state index in [1.807, 2.05) is 0 Å². The summed E-state index contributed by atoms with van der Waals surface area (Å²) in [5.41, 5.74) is 1.54. The third-order valence-electron chi connectivity index (χ3n) is 2.76. The molecule has 0 aliphatic carbocycles. The maximum Gasteiger partial charge on any atom is 0.165 e. The van der Waals surface area contributed by atoms with E-state index in [9.17, 15) is 9.18 Å². The molecule has 2 aromatic rings. The Morgan fingerprint density at radius 2 is 2.26 bits per heavy atom. The van der Waals surface area contributed by atoms with E-state index in [0.29, 0.717) is 22.7 Å². The summed E-state index contributed by atoms with van der Waals surface area (Å²) in [5.74, 6) is -0.654. The number of aldehydes is 1. The zero-order valence-electron chi connectivity index (χ0n) is 10.5. The van der Waals surface area contributed by atoms with Crippen molar-refractivity contribution >= 4 is 17.9 Å². The number of ether oxygens (including phenoxy) is 1. The number of aromatic nitrogens is 2. The van der Waals surface area contributed by atoms with Crippen LogP contribution < -0.4 is 4.74 Å². The summed E-state index contributed by atoms with van der Waals surface area (Å²) in [7, 11) is 1.71. The molecule has 0 saturated heterocycles. The van der Waals surface area contributed by atoms with Gasteiger partial charge in [-0.3, -0.25) is 9.48 Å². The van der Waals surface area contributed by atoms with Gasteiger partial charge in [-0.05, 0) is 19.1 Å². The number of aryl methyl sites for hydroxylation is 2. The SMILES string of the molecule is Cc1nn(C)c(Cl)c1COc1c(F)cccc1C=O. The minimum absolute atomic E-state index is 0.0558. The molecule has 0 amide bonds. The Labute approximate surface area is 114 Å². The van der Waals surface area contributed by atoms with Crippen LogP contribution >= 0.6 is 11.6 Å². The molecule has 1 heterocycles.